The summed E-state index contributed by atoms with van der Waals surface area (Å²) in [4.78, 5) is 14.6. The molecule has 0 atom stereocenters. The highest BCUT2D eigenvalue weighted by atomic mass is 16.5. The molecule has 2 rings (SSSR count). The predicted octanol–water partition coefficient (Wildman–Crippen LogP) is 3.39. The zero-order valence-electron chi connectivity index (χ0n) is 14.5. The van der Waals surface area contributed by atoms with E-state index in [2.05, 4.69) is 22.5 Å². The lowest BCUT2D eigenvalue weighted by atomic mass is 10.1. The SMILES string of the molecule is CCCN1CCC(NC(=O)Nc2ccc(C)c(OCC)c2)CC1. The van der Waals surface area contributed by atoms with Crippen molar-refractivity contribution >= 4 is 11.7 Å². The molecule has 0 saturated carbocycles. The number of hydrogen-bond acceptors (Lipinski definition) is 3. The number of anilines is 1. The average molecular weight is 319 g/mol. The van der Waals surface area contributed by atoms with Crippen LogP contribution < -0.4 is 15.4 Å². The van der Waals surface area contributed by atoms with Crippen LogP contribution in [0, 0.1) is 6.92 Å². The fraction of sp³-hybridized carbons (Fsp3) is 0.611. The maximum absolute atomic E-state index is 12.2. The molecule has 1 aromatic carbocycles. The van der Waals surface area contributed by atoms with E-state index >= 15 is 0 Å². The monoisotopic (exact) mass is 319 g/mol. The van der Waals surface area contributed by atoms with Gasteiger partial charge in [-0.2, -0.15) is 0 Å². The summed E-state index contributed by atoms with van der Waals surface area (Å²) in [7, 11) is 0. The highest BCUT2D eigenvalue weighted by Gasteiger charge is 2.20. The number of hydrogen-bond donors (Lipinski definition) is 2. The van der Waals surface area contributed by atoms with E-state index in [1.165, 1.54) is 6.42 Å². The van der Waals surface area contributed by atoms with Gasteiger partial charge in [-0.1, -0.05) is 13.0 Å². The van der Waals surface area contributed by atoms with E-state index in [4.69, 9.17) is 4.74 Å². The molecule has 1 heterocycles. The Morgan fingerprint density at radius 2 is 2.04 bits per heavy atom. The Hall–Kier alpha value is -1.75. The largest absolute Gasteiger partial charge is 0.494 e. The molecule has 2 amide bonds. The number of nitrogens with one attached hydrogen (secondary N) is 2. The minimum Gasteiger partial charge on any atom is -0.494 e. The Kier molecular flexibility index (Phi) is 6.71. The van der Waals surface area contributed by atoms with Gasteiger partial charge < -0.3 is 20.3 Å². The molecule has 0 aliphatic carbocycles. The first kappa shape index (κ1) is 17.6. The van der Waals surface area contributed by atoms with Crippen LogP contribution in [0.25, 0.3) is 0 Å². The van der Waals surface area contributed by atoms with Crippen LogP contribution in [0.15, 0.2) is 18.2 Å². The summed E-state index contributed by atoms with van der Waals surface area (Å²) >= 11 is 0. The van der Waals surface area contributed by atoms with E-state index in [1.54, 1.807) is 0 Å². The first-order valence-corrected chi connectivity index (χ1v) is 8.65. The first-order valence-electron chi connectivity index (χ1n) is 8.65. The molecule has 5 nitrogen and oxygen atoms in total. The number of rotatable bonds is 6. The van der Waals surface area contributed by atoms with Gasteiger partial charge in [0.25, 0.3) is 0 Å². The van der Waals surface area contributed by atoms with Gasteiger partial charge in [0.05, 0.1) is 6.61 Å². The van der Waals surface area contributed by atoms with Gasteiger partial charge in [0.15, 0.2) is 0 Å². The van der Waals surface area contributed by atoms with E-state index in [9.17, 15) is 4.79 Å². The predicted molar refractivity (Wildman–Crippen MR) is 94.3 cm³/mol. The van der Waals surface area contributed by atoms with Gasteiger partial charge in [0.2, 0.25) is 0 Å². The average Bonchev–Trinajstić information content (AvgIpc) is 2.53. The molecule has 0 bridgehead atoms. The van der Waals surface area contributed by atoms with Gasteiger partial charge in [-0.25, -0.2) is 4.79 Å². The summed E-state index contributed by atoms with van der Waals surface area (Å²) in [5.74, 6) is 0.818. The summed E-state index contributed by atoms with van der Waals surface area (Å²) in [5, 5.41) is 5.99. The fourth-order valence-electron chi connectivity index (χ4n) is 2.96. The van der Waals surface area contributed by atoms with Gasteiger partial charge in [-0.3, -0.25) is 0 Å². The highest BCUT2D eigenvalue weighted by Crippen LogP contribution is 2.22. The maximum Gasteiger partial charge on any atom is 0.319 e. The highest BCUT2D eigenvalue weighted by molar-refractivity contribution is 5.89. The van der Waals surface area contributed by atoms with Crippen molar-refractivity contribution in [3.63, 3.8) is 0 Å². The number of ether oxygens (including phenoxy) is 1. The van der Waals surface area contributed by atoms with Crippen LogP contribution in [0.2, 0.25) is 0 Å². The van der Waals surface area contributed by atoms with Crippen molar-refractivity contribution < 1.29 is 9.53 Å². The molecule has 2 N–H and O–H groups in total. The van der Waals surface area contributed by atoms with Crippen LogP contribution >= 0.6 is 0 Å². The van der Waals surface area contributed by atoms with Crippen LogP contribution in [-0.2, 0) is 0 Å². The summed E-state index contributed by atoms with van der Waals surface area (Å²) in [5.41, 5.74) is 1.83. The number of carbonyl (C=O) groups excluding carboxylic acids is 1. The minimum absolute atomic E-state index is 0.134. The molecule has 5 heteroatoms. The zero-order valence-corrected chi connectivity index (χ0v) is 14.5. The Balaban J connectivity index is 1.82. The Morgan fingerprint density at radius 3 is 2.70 bits per heavy atom. The molecule has 1 fully saturated rings. The Labute approximate surface area is 139 Å². The number of carbonyl (C=O) groups is 1. The van der Waals surface area contributed by atoms with E-state index in [-0.39, 0.29) is 12.1 Å². The van der Waals surface area contributed by atoms with Crippen molar-refractivity contribution in [2.45, 2.75) is 46.1 Å². The molecule has 0 unspecified atom stereocenters. The molecular weight excluding hydrogens is 290 g/mol. The number of benzene rings is 1. The van der Waals surface area contributed by atoms with E-state index in [1.807, 2.05) is 32.0 Å². The summed E-state index contributed by atoms with van der Waals surface area (Å²) in [6.45, 7) is 10.1. The topological polar surface area (TPSA) is 53.6 Å². The Bertz CT molecular complexity index is 511. The number of aryl methyl sites for hydroxylation is 1. The van der Waals surface area contributed by atoms with Crippen LogP contribution in [0.1, 0.15) is 38.7 Å². The van der Waals surface area contributed by atoms with Crippen LogP contribution in [0.3, 0.4) is 0 Å². The molecule has 1 aliphatic heterocycles. The third-order valence-corrected chi connectivity index (χ3v) is 4.21. The van der Waals surface area contributed by atoms with Crippen LogP contribution in [-0.4, -0.2) is 43.2 Å². The summed E-state index contributed by atoms with van der Waals surface area (Å²) in [6.07, 6.45) is 3.23. The summed E-state index contributed by atoms with van der Waals surface area (Å²) in [6, 6.07) is 5.87. The molecule has 1 saturated heterocycles. The van der Waals surface area contributed by atoms with Gasteiger partial charge >= 0.3 is 6.03 Å². The second kappa shape index (κ2) is 8.77. The van der Waals surface area contributed by atoms with Crippen molar-refractivity contribution in [3.05, 3.63) is 23.8 Å². The van der Waals surface area contributed by atoms with Crippen LogP contribution in [0.4, 0.5) is 10.5 Å². The second-order valence-electron chi connectivity index (χ2n) is 6.13. The molecule has 0 spiro atoms. The molecule has 0 radical (unpaired) electrons. The minimum atomic E-state index is -0.134. The van der Waals surface area contributed by atoms with Crippen molar-refractivity contribution in [2.24, 2.45) is 0 Å². The molecule has 1 aliphatic rings. The molecule has 1 aromatic rings. The van der Waals surface area contributed by atoms with Crippen LogP contribution in [0.5, 0.6) is 5.75 Å². The molecule has 23 heavy (non-hydrogen) atoms. The lowest BCUT2D eigenvalue weighted by Gasteiger charge is -2.32. The zero-order chi connectivity index (χ0) is 16.7. The quantitative estimate of drug-likeness (QED) is 0.845. The number of piperidine rings is 1. The van der Waals surface area contributed by atoms with Gasteiger partial charge in [-0.05, 0) is 51.3 Å². The maximum atomic E-state index is 12.2. The van der Waals surface area contributed by atoms with Crippen molar-refractivity contribution in [1.29, 1.82) is 0 Å². The van der Waals surface area contributed by atoms with Gasteiger partial charge in [0.1, 0.15) is 5.75 Å². The van der Waals surface area contributed by atoms with Crippen molar-refractivity contribution in [2.75, 3.05) is 31.6 Å². The normalized spacial score (nSPS) is 16.1. The van der Waals surface area contributed by atoms with Crippen molar-refractivity contribution in [1.82, 2.24) is 10.2 Å². The first-order chi connectivity index (χ1) is 11.1. The standard InChI is InChI=1S/C18H29N3O2/c1-4-10-21-11-8-15(9-12-21)19-18(22)20-16-7-6-14(3)17(13-16)23-5-2/h6-7,13,15H,4-5,8-12H2,1-3H3,(H2,19,20,22). The number of likely N-dealkylation sites (tertiary alicyclic amines) is 1. The fourth-order valence-corrected chi connectivity index (χ4v) is 2.96. The smallest absolute Gasteiger partial charge is 0.319 e. The Morgan fingerprint density at radius 1 is 1.30 bits per heavy atom. The van der Waals surface area contributed by atoms with E-state index < -0.39 is 0 Å². The van der Waals surface area contributed by atoms with E-state index in [0.717, 1.165) is 49.5 Å². The second-order valence-corrected chi connectivity index (χ2v) is 6.13. The lowest BCUT2D eigenvalue weighted by molar-refractivity contribution is 0.196. The number of amides is 2. The number of urea groups is 1. The third-order valence-electron chi connectivity index (χ3n) is 4.21. The molecule has 128 valence electrons. The lowest BCUT2D eigenvalue weighted by Crippen LogP contribution is -2.46. The van der Waals surface area contributed by atoms with Crippen molar-refractivity contribution in [3.8, 4) is 5.75 Å². The molecule has 0 aromatic heterocycles. The van der Waals surface area contributed by atoms with Gasteiger partial charge in [0, 0.05) is 30.9 Å². The van der Waals surface area contributed by atoms with E-state index in [0.29, 0.717) is 6.61 Å². The van der Waals surface area contributed by atoms with Gasteiger partial charge in [-0.15, -0.1) is 0 Å². The summed E-state index contributed by atoms with van der Waals surface area (Å²) < 4.78 is 5.57. The number of nitrogens with zero attached hydrogens (tertiary/aromatic N) is 1. The third kappa shape index (κ3) is 5.43. The molecular formula is C18H29N3O2.